The highest BCUT2D eigenvalue weighted by Crippen LogP contribution is 2.47. The SMILES string of the molecule is O=C(CSc1nnc2n1-c1sc3c(c1C1NCNN21)CCCC3)NCc1ccco1. The number of nitrogens with zero attached hydrogens (tertiary/aromatic N) is 4. The molecule has 5 heterocycles. The van der Waals surface area contributed by atoms with Crippen molar-refractivity contribution < 1.29 is 9.21 Å². The first-order valence-electron chi connectivity index (χ1n) is 10.1. The summed E-state index contributed by atoms with van der Waals surface area (Å²) in [4.78, 5) is 13.8. The first-order valence-corrected chi connectivity index (χ1v) is 11.9. The average Bonchev–Trinajstić information content (AvgIpc) is 3.54. The Morgan fingerprint density at radius 3 is 3.20 bits per heavy atom. The third kappa shape index (κ3) is 2.96. The van der Waals surface area contributed by atoms with E-state index >= 15 is 0 Å². The van der Waals surface area contributed by atoms with Gasteiger partial charge >= 0.3 is 0 Å². The van der Waals surface area contributed by atoms with Crippen LogP contribution >= 0.6 is 23.1 Å². The van der Waals surface area contributed by atoms with E-state index in [0.717, 1.165) is 29.7 Å². The summed E-state index contributed by atoms with van der Waals surface area (Å²) in [7, 11) is 0. The smallest absolute Gasteiger partial charge is 0.249 e. The number of fused-ring (bicyclic) bond motifs is 8. The van der Waals surface area contributed by atoms with Crippen molar-refractivity contribution in [3.63, 3.8) is 0 Å². The molecule has 0 radical (unpaired) electrons. The zero-order valence-electron chi connectivity index (χ0n) is 16.2. The molecule has 0 aromatic carbocycles. The molecule has 30 heavy (non-hydrogen) atoms. The second kappa shape index (κ2) is 7.41. The molecule has 3 aromatic rings. The maximum absolute atomic E-state index is 12.3. The van der Waals surface area contributed by atoms with E-state index < -0.39 is 0 Å². The summed E-state index contributed by atoms with van der Waals surface area (Å²) >= 11 is 3.26. The fourth-order valence-corrected chi connectivity index (χ4v) is 6.56. The molecule has 0 spiro atoms. The molecule has 9 nitrogen and oxygen atoms in total. The number of nitrogens with one attached hydrogen (secondary N) is 3. The van der Waals surface area contributed by atoms with Gasteiger partial charge in [0, 0.05) is 10.4 Å². The van der Waals surface area contributed by atoms with E-state index in [1.807, 2.05) is 23.5 Å². The average molecular weight is 444 g/mol. The number of thiophene rings is 1. The number of rotatable bonds is 5. The number of hydrogen-bond acceptors (Lipinski definition) is 9. The number of hydrazine groups is 1. The second-order valence-electron chi connectivity index (χ2n) is 7.50. The van der Waals surface area contributed by atoms with Gasteiger partial charge in [-0.2, -0.15) is 0 Å². The van der Waals surface area contributed by atoms with Crippen molar-refractivity contribution in [3.05, 3.63) is 40.2 Å². The predicted octanol–water partition coefficient (Wildman–Crippen LogP) is 2.09. The lowest BCUT2D eigenvalue weighted by Crippen LogP contribution is -2.39. The molecule has 1 atom stereocenters. The monoisotopic (exact) mass is 443 g/mol. The highest BCUT2D eigenvalue weighted by molar-refractivity contribution is 7.99. The van der Waals surface area contributed by atoms with Crippen molar-refractivity contribution in [2.45, 2.75) is 43.6 Å². The lowest BCUT2D eigenvalue weighted by molar-refractivity contribution is -0.118. The number of carbonyl (C=O) groups excluding carboxylic acids is 1. The van der Waals surface area contributed by atoms with Crippen LogP contribution in [-0.4, -0.2) is 33.1 Å². The third-order valence-electron chi connectivity index (χ3n) is 5.68. The van der Waals surface area contributed by atoms with Gasteiger partial charge in [-0.15, -0.1) is 21.5 Å². The Morgan fingerprint density at radius 1 is 1.37 bits per heavy atom. The Labute approximate surface area is 181 Å². The molecule has 3 N–H and O–H groups in total. The van der Waals surface area contributed by atoms with Crippen LogP contribution in [0.5, 0.6) is 0 Å². The number of carbonyl (C=O) groups is 1. The molecule has 1 aliphatic carbocycles. The summed E-state index contributed by atoms with van der Waals surface area (Å²) in [6.07, 6.45) is 6.45. The van der Waals surface area contributed by atoms with Gasteiger partial charge in [-0.25, -0.2) is 9.99 Å². The first kappa shape index (κ1) is 18.4. The minimum atomic E-state index is -0.0610. The van der Waals surface area contributed by atoms with Crippen molar-refractivity contribution in [3.8, 4) is 5.00 Å². The van der Waals surface area contributed by atoms with Crippen LogP contribution in [-0.2, 0) is 24.2 Å². The normalized spacial score (nSPS) is 19.2. The Kier molecular flexibility index (Phi) is 4.55. The Bertz CT molecular complexity index is 1090. The highest BCUT2D eigenvalue weighted by Gasteiger charge is 2.41. The molecule has 1 amide bonds. The molecule has 3 aromatic heterocycles. The Morgan fingerprint density at radius 2 is 2.30 bits per heavy atom. The van der Waals surface area contributed by atoms with E-state index in [-0.39, 0.29) is 17.8 Å². The molecule has 6 rings (SSSR count). The maximum atomic E-state index is 12.3. The van der Waals surface area contributed by atoms with Gasteiger partial charge in [0.25, 0.3) is 0 Å². The number of aryl methyl sites for hydroxylation is 1. The summed E-state index contributed by atoms with van der Waals surface area (Å²) in [6, 6.07) is 3.65. The van der Waals surface area contributed by atoms with Gasteiger partial charge in [-0.1, -0.05) is 11.8 Å². The standard InChI is InChI=1S/C19H21N7O2S2/c27-14(20-8-11-4-3-7-28-11)9-29-19-24-23-18-25(19)17-15(16-21-10-22-26(16)18)12-5-1-2-6-13(12)30-17/h3-4,7,16,21-22H,1-2,5-6,8-10H2,(H,20,27). The molecular formula is C19H21N7O2S2. The molecule has 0 bridgehead atoms. The molecule has 156 valence electrons. The molecule has 1 fully saturated rings. The predicted molar refractivity (Wildman–Crippen MR) is 114 cm³/mol. The van der Waals surface area contributed by atoms with Crippen LogP contribution in [0.2, 0.25) is 0 Å². The second-order valence-corrected chi connectivity index (χ2v) is 9.53. The van der Waals surface area contributed by atoms with Crippen LogP contribution in [0.1, 0.15) is 40.8 Å². The number of furan rings is 1. The largest absolute Gasteiger partial charge is 0.467 e. The van der Waals surface area contributed by atoms with Gasteiger partial charge < -0.3 is 9.73 Å². The van der Waals surface area contributed by atoms with Crippen molar-refractivity contribution in [2.24, 2.45) is 0 Å². The van der Waals surface area contributed by atoms with Gasteiger partial charge in [-0.3, -0.25) is 15.1 Å². The van der Waals surface area contributed by atoms with Gasteiger partial charge in [0.2, 0.25) is 11.9 Å². The van der Waals surface area contributed by atoms with Crippen molar-refractivity contribution in [1.29, 1.82) is 0 Å². The number of aromatic nitrogens is 3. The maximum Gasteiger partial charge on any atom is 0.249 e. The molecular weight excluding hydrogens is 422 g/mol. The van der Waals surface area contributed by atoms with Crippen LogP contribution in [0.25, 0.3) is 5.00 Å². The van der Waals surface area contributed by atoms with Gasteiger partial charge in [0.15, 0.2) is 5.16 Å². The molecule has 2 aliphatic heterocycles. The number of thioether (sulfide) groups is 1. The summed E-state index contributed by atoms with van der Waals surface area (Å²) in [5.74, 6) is 1.72. The van der Waals surface area contributed by atoms with E-state index in [1.165, 1.54) is 45.6 Å². The van der Waals surface area contributed by atoms with Crippen LogP contribution in [0.4, 0.5) is 5.95 Å². The zero-order chi connectivity index (χ0) is 20.1. The van der Waals surface area contributed by atoms with Crippen LogP contribution < -0.4 is 21.1 Å². The molecule has 3 aliphatic rings. The third-order valence-corrected chi connectivity index (χ3v) is 7.90. The van der Waals surface area contributed by atoms with E-state index in [4.69, 9.17) is 4.42 Å². The summed E-state index contributed by atoms with van der Waals surface area (Å²) < 4.78 is 7.37. The number of anilines is 1. The highest BCUT2D eigenvalue weighted by atomic mass is 32.2. The quantitative estimate of drug-likeness (QED) is 0.516. The lowest BCUT2D eigenvalue weighted by atomic mass is 9.94. The van der Waals surface area contributed by atoms with Crippen molar-refractivity contribution in [2.75, 3.05) is 17.4 Å². The van der Waals surface area contributed by atoms with Gasteiger partial charge in [0.1, 0.15) is 16.9 Å². The minimum Gasteiger partial charge on any atom is -0.467 e. The minimum absolute atomic E-state index is 0.0610. The van der Waals surface area contributed by atoms with Crippen molar-refractivity contribution in [1.82, 2.24) is 30.8 Å². The fraction of sp³-hybridized carbons (Fsp3) is 0.421. The summed E-state index contributed by atoms with van der Waals surface area (Å²) in [5.41, 5.74) is 6.20. The summed E-state index contributed by atoms with van der Waals surface area (Å²) in [6.45, 7) is 1.08. The molecule has 1 unspecified atom stereocenters. The topological polar surface area (TPSA) is 100 Å². The molecule has 11 heteroatoms. The Balaban J connectivity index is 1.27. The first-order chi connectivity index (χ1) is 14.8. The van der Waals surface area contributed by atoms with E-state index in [2.05, 4.69) is 35.8 Å². The van der Waals surface area contributed by atoms with Crippen LogP contribution in [0, 0.1) is 0 Å². The number of hydrogen-bond donors (Lipinski definition) is 3. The van der Waals surface area contributed by atoms with Gasteiger partial charge in [0.05, 0.1) is 25.2 Å². The van der Waals surface area contributed by atoms with Crippen LogP contribution in [0.3, 0.4) is 0 Å². The van der Waals surface area contributed by atoms with E-state index in [1.54, 1.807) is 6.26 Å². The molecule has 1 saturated heterocycles. The van der Waals surface area contributed by atoms with E-state index in [9.17, 15) is 4.79 Å². The zero-order valence-corrected chi connectivity index (χ0v) is 17.8. The fourth-order valence-electron chi connectivity index (χ4n) is 4.32. The lowest BCUT2D eigenvalue weighted by Gasteiger charge is -2.31. The number of amides is 1. The van der Waals surface area contributed by atoms with Gasteiger partial charge in [-0.05, 0) is 43.4 Å². The molecule has 0 saturated carbocycles. The Hall–Kier alpha value is -2.34. The summed E-state index contributed by atoms with van der Waals surface area (Å²) in [5, 5.41) is 19.3. The van der Waals surface area contributed by atoms with Crippen LogP contribution in [0.15, 0.2) is 28.0 Å². The van der Waals surface area contributed by atoms with Crippen molar-refractivity contribution >= 4 is 35.0 Å². The van der Waals surface area contributed by atoms with E-state index in [0.29, 0.717) is 13.2 Å².